The number of benzene rings is 7. The highest BCUT2D eigenvalue weighted by Gasteiger charge is 2.36. The van der Waals surface area contributed by atoms with E-state index < -0.39 is 0 Å². The van der Waals surface area contributed by atoms with Crippen LogP contribution in [-0.4, -0.2) is 19.5 Å². The van der Waals surface area contributed by atoms with Gasteiger partial charge in [0.15, 0.2) is 11.6 Å². The van der Waals surface area contributed by atoms with Gasteiger partial charge in [-0.2, -0.15) is 9.97 Å². The Morgan fingerprint density at radius 2 is 0.923 bits per heavy atom. The Bertz CT molecular complexity index is 2710. The third-order valence-corrected chi connectivity index (χ3v) is 10.7. The molecule has 52 heavy (non-hydrogen) atoms. The van der Waals surface area contributed by atoms with Gasteiger partial charge in [0.1, 0.15) is 0 Å². The lowest BCUT2D eigenvalue weighted by molar-refractivity contribution is 0.661. The van der Waals surface area contributed by atoms with E-state index in [4.69, 9.17) is 15.0 Å². The first-order valence-corrected chi connectivity index (χ1v) is 17.8. The van der Waals surface area contributed by atoms with Crippen LogP contribution >= 0.6 is 0 Å². The topological polar surface area (TPSA) is 43.6 Å². The average molecular weight is 667 g/mol. The van der Waals surface area contributed by atoms with Crippen LogP contribution in [0.2, 0.25) is 0 Å². The highest BCUT2D eigenvalue weighted by atomic mass is 15.2. The SMILES string of the molecule is CC1(C)c2ccccc2-c2cc3c(cc21)c1ccccc1n3-c1nc(-c2cccc(-c3ccccc3)c2)nc(-c2cccc(-c3ccccc3)c2)n1. The van der Waals surface area contributed by atoms with Crippen molar-refractivity contribution in [2.75, 3.05) is 0 Å². The second-order valence-corrected chi connectivity index (χ2v) is 14.1. The molecule has 0 saturated carbocycles. The summed E-state index contributed by atoms with van der Waals surface area (Å²) in [6.45, 7) is 4.67. The molecule has 7 aromatic carbocycles. The molecule has 0 atom stereocenters. The van der Waals surface area contributed by atoms with Crippen LogP contribution in [0.5, 0.6) is 0 Å². The van der Waals surface area contributed by atoms with Gasteiger partial charge >= 0.3 is 0 Å². The van der Waals surface area contributed by atoms with Crippen LogP contribution in [0.25, 0.3) is 83.9 Å². The van der Waals surface area contributed by atoms with E-state index in [0.29, 0.717) is 17.6 Å². The predicted molar refractivity (Wildman–Crippen MR) is 213 cm³/mol. The molecule has 0 fully saturated rings. The zero-order valence-electron chi connectivity index (χ0n) is 29.0. The minimum absolute atomic E-state index is 0.107. The van der Waals surface area contributed by atoms with E-state index in [-0.39, 0.29) is 5.41 Å². The highest BCUT2D eigenvalue weighted by Crippen LogP contribution is 2.51. The molecule has 0 spiro atoms. The van der Waals surface area contributed by atoms with Gasteiger partial charge < -0.3 is 0 Å². The maximum absolute atomic E-state index is 5.29. The molecule has 10 rings (SSSR count). The normalized spacial score (nSPS) is 13.0. The largest absolute Gasteiger partial charge is 0.278 e. The van der Waals surface area contributed by atoms with Crippen LogP contribution in [0.1, 0.15) is 25.0 Å². The van der Waals surface area contributed by atoms with E-state index in [0.717, 1.165) is 44.4 Å². The zero-order valence-corrected chi connectivity index (χ0v) is 29.0. The fourth-order valence-electron chi connectivity index (χ4n) is 8.04. The van der Waals surface area contributed by atoms with Crippen molar-refractivity contribution in [2.24, 2.45) is 0 Å². The third kappa shape index (κ3) is 4.79. The molecule has 4 nitrogen and oxygen atoms in total. The summed E-state index contributed by atoms with van der Waals surface area (Å²) >= 11 is 0. The minimum Gasteiger partial charge on any atom is -0.278 e. The Kier molecular flexibility index (Phi) is 6.80. The zero-order chi connectivity index (χ0) is 34.8. The van der Waals surface area contributed by atoms with Gasteiger partial charge in [-0.15, -0.1) is 0 Å². The fourth-order valence-corrected chi connectivity index (χ4v) is 8.04. The number of hydrogen-bond donors (Lipinski definition) is 0. The van der Waals surface area contributed by atoms with Gasteiger partial charge in [0.25, 0.3) is 0 Å². The quantitative estimate of drug-likeness (QED) is 0.184. The lowest BCUT2D eigenvalue weighted by Crippen LogP contribution is -2.14. The van der Waals surface area contributed by atoms with Gasteiger partial charge in [-0.1, -0.05) is 153 Å². The molecule has 2 heterocycles. The number of nitrogens with zero attached hydrogens (tertiary/aromatic N) is 4. The van der Waals surface area contributed by atoms with Gasteiger partial charge in [-0.25, -0.2) is 4.98 Å². The molecule has 0 amide bonds. The number of rotatable bonds is 5. The minimum atomic E-state index is -0.107. The fraction of sp³-hybridized carbons (Fsp3) is 0.0625. The van der Waals surface area contributed by atoms with E-state index in [9.17, 15) is 0 Å². The molecule has 0 bridgehead atoms. The highest BCUT2D eigenvalue weighted by molar-refractivity contribution is 6.11. The van der Waals surface area contributed by atoms with E-state index in [1.54, 1.807) is 0 Å². The van der Waals surface area contributed by atoms with Crippen LogP contribution in [-0.2, 0) is 5.41 Å². The second kappa shape index (κ2) is 11.7. The van der Waals surface area contributed by atoms with Crippen molar-refractivity contribution in [3.05, 3.63) is 181 Å². The van der Waals surface area contributed by atoms with Crippen LogP contribution in [0.4, 0.5) is 0 Å². The monoisotopic (exact) mass is 666 g/mol. The van der Waals surface area contributed by atoms with Crippen LogP contribution in [0.15, 0.2) is 170 Å². The van der Waals surface area contributed by atoms with Crippen molar-refractivity contribution in [3.8, 4) is 62.1 Å². The maximum Gasteiger partial charge on any atom is 0.238 e. The summed E-state index contributed by atoms with van der Waals surface area (Å²) in [5.74, 6) is 1.84. The van der Waals surface area contributed by atoms with Crippen molar-refractivity contribution in [1.29, 1.82) is 0 Å². The number of para-hydroxylation sites is 1. The first-order valence-electron chi connectivity index (χ1n) is 17.8. The lowest BCUT2D eigenvalue weighted by atomic mass is 9.82. The summed E-state index contributed by atoms with van der Waals surface area (Å²) in [6, 6.07) is 60.0. The van der Waals surface area contributed by atoms with E-state index >= 15 is 0 Å². The maximum atomic E-state index is 5.29. The van der Waals surface area contributed by atoms with Crippen molar-refractivity contribution in [2.45, 2.75) is 19.3 Å². The van der Waals surface area contributed by atoms with Crippen LogP contribution in [0.3, 0.4) is 0 Å². The molecular formula is C48H34N4. The van der Waals surface area contributed by atoms with Crippen molar-refractivity contribution < 1.29 is 0 Å². The molecule has 0 N–H and O–H groups in total. The Morgan fingerprint density at radius 1 is 0.385 bits per heavy atom. The molecule has 0 saturated heterocycles. The van der Waals surface area contributed by atoms with Crippen LogP contribution in [0, 0.1) is 0 Å². The molecule has 1 aliphatic rings. The molecule has 0 aliphatic heterocycles. The van der Waals surface area contributed by atoms with E-state index in [1.807, 2.05) is 12.1 Å². The molecule has 0 radical (unpaired) electrons. The third-order valence-electron chi connectivity index (χ3n) is 10.7. The summed E-state index contributed by atoms with van der Waals surface area (Å²) in [6.07, 6.45) is 0. The summed E-state index contributed by atoms with van der Waals surface area (Å²) in [4.78, 5) is 15.8. The molecule has 4 heteroatoms. The van der Waals surface area contributed by atoms with Crippen molar-refractivity contribution in [1.82, 2.24) is 19.5 Å². The summed E-state index contributed by atoms with van der Waals surface area (Å²) < 4.78 is 2.23. The van der Waals surface area contributed by atoms with Gasteiger partial charge in [0, 0.05) is 27.3 Å². The summed E-state index contributed by atoms with van der Waals surface area (Å²) in [7, 11) is 0. The van der Waals surface area contributed by atoms with E-state index in [2.05, 4.69) is 176 Å². The standard InChI is InChI=1S/C48H34N4/c1-48(2)41-25-11-9-23-37(41)39-30-44-40(29-42(39)48)38-24-10-12-26-43(38)52(44)47-50-45(35-21-13-19-33(27-35)31-15-5-3-6-16-31)49-46(51-47)36-22-14-20-34(28-36)32-17-7-4-8-18-32/h3-30H,1-2H3. The van der Waals surface area contributed by atoms with Gasteiger partial charge in [0.2, 0.25) is 5.95 Å². The molecule has 246 valence electrons. The van der Waals surface area contributed by atoms with Crippen molar-refractivity contribution in [3.63, 3.8) is 0 Å². The average Bonchev–Trinajstić information content (AvgIpc) is 3.65. The first-order chi connectivity index (χ1) is 25.5. The Morgan fingerprint density at radius 3 is 1.58 bits per heavy atom. The number of fused-ring (bicyclic) bond motifs is 6. The Balaban J connectivity index is 1.24. The number of hydrogen-bond acceptors (Lipinski definition) is 3. The number of aromatic nitrogens is 4. The lowest BCUT2D eigenvalue weighted by Gasteiger charge is -2.21. The van der Waals surface area contributed by atoms with Crippen LogP contribution < -0.4 is 0 Å². The van der Waals surface area contributed by atoms with Gasteiger partial charge in [-0.05, 0) is 74.8 Å². The molecule has 0 unspecified atom stereocenters. The van der Waals surface area contributed by atoms with Gasteiger partial charge in [0.05, 0.1) is 11.0 Å². The summed E-state index contributed by atoms with van der Waals surface area (Å²) in [5, 5.41) is 2.36. The first kappa shape index (κ1) is 30.2. The van der Waals surface area contributed by atoms with E-state index in [1.165, 1.54) is 33.0 Å². The Labute approximate surface area is 302 Å². The smallest absolute Gasteiger partial charge is 0.238 e. The predicted octanol–water partition coefficient (Wildman–Crippen LogP) is 11.9. The molecule has 2 aromatic heterocycles. The molecular weight excluding hydrogens is 633 g/mol. The molecule has 9 aromatic rings. The summed E-state index contributed by atoms with van der Waals surface area (Å²) in [5.41, 5.74) is 13.7. The Hall–Kier alpha value is -6.65. The molecule has 1 aliphatic carbocycles. The van der Waals surface area contributed by atoms with Crippen molar-refractivity contribution >= 4 is 21.8 Å². The van der Waals surface area contributed by atoms with Gasteiger partial charge in [-0.3, -0.25) is 4.57 Å². The second-order valence-electron chi connectivity index (χ2n) is 14.1.